The lowest BCUT2D eigenvalue weighted by molar-refractivity contribution is 0.865. The fraction of sp³-hybridized carbons (Fsp3) is 0.222. The predicted octanol–water partition coefficient (Wildman–Crippen LogP) is 4.80. The highest BCUT2D eigenvalue weighted by Gasteiger charge is 2.11. The van der Waals surface area contributed by atoms with E-state index in [-0.39, 0.29) is 0 Å². The van der Waals surface area contributed by atoms with E-state index in [2.05, 4.69) is 79.6 Å². The zero-order valence-corrected chi connectivity index (χ0v) is 11.5. The highest BCUT2D eigenvalue weighted by molar-refractivity contribution is 5.64. The molecule has 2 aromatic carbocycles. The summed E-state index contributed by atoms with van der Waals surface area (Å²) >= 11 is 0. The quantitative estimate of drug-likeness (QED) is 0.739. The van der Waals surface area contributed by atoms with Crippen LogP contribution in [0.2, 0.25) is 0 Å². The Balaban J connectivity index is 1.85. The van der Waals surface area contributed by atoms with Gasteiger partial charge in [0.1, 0.15) is 0 Å². The number of nitrogens with zero attached hydrogens (tertiary/aromatic N) is 1. The summed E-state index contributed by atoms with van der Waals surface area (Å²) in [6.45, 7) is 5.41. The van der Waals surface area contributed by atoms with Crippen LogP contribution in [0.5, 0.6) is 0 Å². The Morgan fingerprint density at radius 3 is 2.42 bits per heavy atom. The van der Waals surface area contributed by atoms with Gasteiger partial charge in [-0.15, -0.1) is 0 Å². The van der Waals surface area contributed by atoms with Crippen LogP contribution in [0.15, 0.2) is 54.7 Å². The summed E-state index contributed by atoms with van der Waals surface area (Å²) in [7, 11) is 0. The molecule has 0 N–H and O–H groups in total. The summed E-state index contributed by atoms with van der Waals surface area (Å²) in [5.74, 6) is 0.590. The third kappa shape index (κ3) is 2.41. The normalized spacial score (nSPS) is 13.7. The molecule has 1 nitrogen and oxygen atoms in total. The van der Waals surface area contributed by atoms with Crippen molar-refractivity contribution in [1.29, 1.82) is 0 Å². The van der Waals surface area contributed by atoms with Gasteiger partial charge in [0.15, 0.2) is 0 Å². The van der Waals surface area contributed by atoms with E-state index >= 15 is 0 Å². The lowest BCUT2D eigenvalue weighted by Gasteiger charge is -2.25. The van der Waals surface area contributed by atoms with Crippen LogP contribution in [0.4, 0.5) is 5.69 Å². The van der Waals surface area contributed by atoms with Crippen molar-refractivity contribution in [2.75, 3.05) is 4.90 Å². The minimum atomic E-state index is 0.590. The van der Waals surface area contributed by atoms with E-state index in [0.717, 1.165) is 6.54 Å². The van der Waals surface area contributed by atoms with Crippen LogP contribution >= 0.6 is 0 Å². The van der Waals surface area contributed by atoms with Crippen LogP contribution in [-0.4, -0.2) is 0 Å². The number of rotatable bonds is 2. The van der Waals surface area contributed by atoms with Gasteiger partial charge in [-0.25, -0.2) is 0 Å². The molecule has 1 aliphatic rings. The molecule has 0 spiro atoms. The molecule has 1 heterocycles. The summed E-state index contributed by atoms with van der Waals surface area (Å²) in [6.07, 6.45) is 4.36. The third-order valence-corrected chi connectivity index (χ3v) is 3.72. The Bertz CT molecular complexity index is 593. The SMILES string of the molecule is CC(C)c1ccc(N2C=Cc3ccccc3C2)cc1. The number of hydrogen-bond donors (Lipinski definition) is 0. The van der Waals surface area contributed by atoms with Gasteiger partial charge >= 0.3 is 0 Å². The summed E-state index contributed by atoms with van der Waals surface area (Å²) in [4.78, 5) is 2.30. The highest BCUT2D eigenvalue weighted by atomic mass is 15.1. The van der Waals surface area contributed by atoms with Crippen LogP contribution < -0.4 is 4.90 Å². The third-order valence-electron chi connectivity index (χ3n) is 3.72. The molecule has 0 atom stereocenters. The average Bonchev–Trinajstić information content (AvgIpc) is 2.47. The molecule has 3 rings (SSSR count). The average molecular weight is 249 g/mol. The molecular weight excluding hydrogens is 230 g/mol. The molecule has 96 valence electrons. The lowest BCUT2D eigenvalue weighted by atomic mass is 10.0. The van der Waals surface area contributed by atoms with Gasteiger partial charge in [-0.3, -0.25) is 0 Å². The fourth-order valence-electron chi connectivity index (χ4n) is 2.48. The molecule has 0 saturated heterocycles. The first-order valence-electron chi connectivity index (χ1n) is 6.87. The van der Waals surface area contributed by atoms with Crippen molar-refractivity contribution >= 4 is 11.8 Å². The maximum atomic E-state index is 2.30. The van der Waals surface area contributed by atoms with Gasteiger partial charge < -0.3 is 4.90 Å². The zero-order valence-electron chi connectivity index (χ0n) is 11.5. The Kier molecular flexibility index (Phi) is 3.12. The molecule has 0 fully saturated rings. The van der Waals surface area contributed by atoms with Crippen molar-refractivity contribution in [3.05, 3.63) is 71.4 Å². The van der Waals surface area contributed by atoms with Crippen molar-refractivity contribution < 1.29 is 0 Å². The molecule has 0 unspecified atom stereocenters. The standard InChI is InChI=1S/C18H19N/c1-14(2)15-7-9-18(10-8-15)19-12-11-16-5-3-4-6-17(16)13-19/h3-12,14H,13H2,1-2H3. The Labute approximate surface area is 115 Å². The number of benzene rings is 2. The van der Waals surface area contributed by atoms with Crippen molar-refractivity contribution in [2.24, 2.45) is 0 Å². The summed E-state index contributed by atoms with van der Waals surface area (Å²) in [6, 6.07) is 17.5. The Morgan fingerprint density at radius 2 is 1.68 bits per heavy atom. The molecule has 0 aliphatic carbocycles. The molecular formula is C18H19N. The molecule has 0 amide bonds. The molecule has 0 saturated carbocycles. The van der Waals surface area contributed by atoms with Crippen molar-refractivity contribution in [2.45, 2.75) is 26.3 Å². The second-order valence-electron chi connectivity index (χ2n) is 5.39. The van der Waals surface area contributed by atoms with Crippen LogP contribution in [0.25, 0.3) is 6.08 Å². The van der Waals surface area contributed by atoms with E-state index in [0.29, 0.717) is 5.92 Å². The largest absolute Gasteiger partial charge is 0.344 e. The zero-order chi connectivity index (χ0) is 13.2. The Hall–Kier alpha value is -2.02. The first kappa shape index (κ1) is 12.0. The summed E-state index contributed by atoms with van der Waals surface area (Å²) in [5.41, 5.74) is 5.37. The van der Waals surface area contributed by atoms with Crippen LogP contribution in [0, 0.1) is 0 Å². The number of hydrogen-bond acceptors (Lipinski definition) is 1. The first-order valence-corrected chi connectivity index (χ1v) is 6.87. The van der Waals surface area contributed by atoms with Crippen molar-refractivity contribution in [1.82, 2.24) is 0 Å². The maximum absolute atomic E-state index is 2.30. The van der Waals surface area contributed by atoms with Crippen LogP contribution in [0.3, 0.4) is 0 Å². The molecule has 0 bridgehead atoms. The minimum absolute atomic E-state index is 0.590. The number of anilines is 1. The topological polar surface area (TPSA) is 3.24 Å². The van der Waals surface area contributed by atoms with Crippen molar-refractivity contribution in [3.8, 4) is 0 Å². The second-order valence-corrected chi connectivity index (χ2v) is 5.39. The van der Waals surface area contributed by atoms with Gasteiger partial charge in [0.25, 0.3) is 0 Å². The molecule has 2 aromatic rings. The fourth-order valence-corrected chi connectivity index (χ4v) is 2.48. The smallest absolute Gasteiger partial charge is 0.0481 e. The molecule has 0 aromatic heterocycles. The van der Waals surface area contributed by atoms with Gasteiger partial charge in [-0.05, 0) is 40.8 Å². The molecule has 19 heavy (non-hydrogen) atoms. The highest BCUT2D eigenvalue weighted by Crippen LogP contribution is 2.26. The van der Waals surface area contributed by atoms with E-state index < -0.39 is 0 Å². The summed E-state index contributed by atoms with van der Waals surface area (Å²) < 4.78 is 0. The molecule has 1 aliphatic heterocycles. The second kappa shape index (κ2) is 4.93. The number of fused-ring (bicyclic) bond motifs is 1. The van der Waals surface area contributed by atoms with E-state index in [1.807, 2.05) is 0 Å². The lowest BCUT2D eigenvalue weighted by Crippen LogP contribution is -2.18. The van der Waals surface area contributed by atoms with Gasteiger partial charge in [0.2, 0.25) is 0 Å². The Morgan fingerprint density at radius 1 is 0.947 bits per heavy atom. The summed E-state index contributed by atoms with van der Waals surface area (Å²) in [5, 5.41) is 0. The van der Waals surface area contributed by atoms with Gasteiger partial charge in [-0.2, -0.15) is 0 Å². The predicted molar refractivity (Wildman–Crippen MR) is 82.2 cm³/mol. The minimum Gasteiger partial charge on any atom is -0.344 e. The van der Waals surface area contributed by atoms with Crippen LogP contribution in [-0.2, 0) is 6.54 Å². The van der Waals surface area contributed by atoms with E-state index in [4.69, 9.17) is 0 Å². The first-order chi connectivity index (χ1) is 9.24. The van der Waals surface area contributed by atoms with Gasteiger partial charge in [0, 0.05) is 18.4 Å². The van der Waals surface area contributed by atoms with E-state index in [1.165, 1.54) is 22.4 Å². The van der Waals surface area contributed by atoms with Gasteiger partial charge in [0.05, 0.1) is 0 Å². The van der Waals surface area contributed by atoms with Gasteiger partial charge in [-0.1, -0.05) is 50.2 Å². The van der Waals surface area contributed by atoms with E-state index in [1.54, 1.807) is 0 Å². The molecule has 1 heteroatoms. The van der Waals surface area contributed by atoms with E-state index in [9.17, 15) is 0 Å². The van der Waals surface area contributed by atoms with Crippen molar-refractivity contribution in [3.63, 3.8) is 0 Å². The monoisotopic (exact) mass is 249 g/mol. The van der Waals surface area contributed by atoms with Crippen LogP contribution in [0.1, 0.15) is 36.5 Å². The maximum Gasteiger partial charge on any atom is 0.0481 e. The molecule has 0 radical (unpaired) electrons.